The van der Waals surface area contributed by atoms with Crippen LogP contribution in [0.1, 0.15) is 31.9 Å². The molecular weight excluding hydrogens is 202 g/mol. The first kappa shape index (κ1) is 13.0. The van der Waals surface area contributed by atoms with E-state index in [1.54, 1.807) is 7.11 Å². The quantitative estimate of drug-likeness (QED) is 0.721. The van der Waals surface area contributed by atoms with Crippen LogP contribution in [0.2, 0.25) is 0 Å². The van der Waals surface area contributed by atoms with Crippen molar-refractivity contribution in [2.45, 2.75) is 26.3 Å². The van der Waals surface area contributed by atoms with Gasteiger partial charge in [0.1, 0.15) is 5.75 Å². The molecule has 0 radical (unpaired) electrons. The van der Waals surface area contributed by atoms with Gasteiger partial charge in [-0.1, -0.05) is 19.1 Å². The fourth-order valence-corrected chi connectivity index (χ4v) is 1.48. The van der Waals surface area contributed by atoms with Gasteiger partial charge in [0.2, 0.25) is 0 Å². The van der Waals surface area contributed by atoms with Crippen LogP contribution in [-0.4, -0.2) is 20.4 Å². The molecule has 0 amide bonds. The van der Waals surface area contributed by atoms with E-state index in [9.17, 15) is 0 Å². The van der Waals surface area contributed by atoms with E-state index < -0.39 is 0 Å². The van der Waals surface area contributed by atoms with Crippen LogP contribution in [0.4, 0.5) is 0 Å². The second kappa shape index (κ2) is 7.25. The number of methoxy groups -OCH3 is 1. The number of ether oxygens (including phenoxy) is 2. The summed E-state index contributed by atoms with van der Waals surface area (Å²) in [5.41, 5.74) is 1.24. The lowest BCUT2D eigenvalue weighted by Crippen LogP contribution is -2.19. The lowest BCUT2D eigenvalue weighted by atomic mass is 10.1. The Morgan fingerprint density at radius 1 is 1.38 bits per heavy atom. The van der Waals surface area contributed by atoms with Gasteiger partial charge >= 0.3 is 0 Å². The Morgan fingerprint density at radius 3 is 2.88 bits per heavy atom. The molecule has 1 aromatic rings. The molecule has 16 heavy (non-hydrogen) atoms. The predicted octanol–water partition coefficient (Wildman–Crippen LogP) is 2.73. The average Bonchev–Trinajstić information content (AvgIpc) is 2.33. The van der Waals surface area contributed by atoms with Gasteiger partial charge in [0.15, 0.2) is 6.79 Å². The second-order valence-corrected chi connectivity index (χ2v) is 3.80. The van der Waals surface area contributed by atoms with Gasteiger partial charge in [-0.05, 0) is 37.6 Å². The maximum atomic E-state index is 5.40. The Kier molecular flexibility index (Phi) is 5.90. The fourth-order valence-electron chi connectivity index (χ4n) is 1.48. The maximum absolute atomic E-state index is 5.40. The molecule has 0 bridgehead atoms. The molecule has 1 aromatic carbocycles. The molecule has 1 atom stereocenters. The normalized spacial score (nSPS) is 12.4. The second-order valence-electron chi connectivity index (χ2n) is 3.80. The van der Waals surface area contributed by atoms with E-state index in [2.05, 4.69) is 25.2 Å². The minimum Gasteiger partial charge on any atom is -0.468 e. The number of hydrogen-bond donors (Lipinski definition) is 1. The predicted molar refractivity (Wildman–Crippen MR) is 65.7 cm³/mol. The molecule has 0 aliphatic rings. The van der Waals surface area contributed by atoms with Gasteiger partial charge in [0.25, 0.3) is 0 Å². The van der Waals surface area contributed by atoms with Gasteiger partial charge in [0.05, 0.1) is 0 Å². The van der Waals surface area contributed by atoms with E-state index >= 15 is 0 Å². The Balaban J connectivity index is 2.58. The van der Waals surface area contributed by atoms with Crippen LogP contribution in [0.15, 0.2) is 24.3 Å². The largest absolute Gasteiger partial charge is 0.468 e. The molecule has 3 nitrogen and oxygen atoms in total. The van der Waals surface area contributed by atoms with Crippen LogP contribution in [0, 0.1) is 0 Å². The third-order valence-corrected chi connectivity index (χ3v) is 2.40. The number of rotatable bonds is 7. The lowest BCUT2D eigenvalue weighted by molar-refractivity contribution is 0.0510. The Bertz CT molecular complexity index is 302. The Hall–Kier alpha value is -1.06. The summed E-state index contributed by atoms with van der Waals surface area (Å²) in [4.78, 5) is 0. The summed E-state index contributed by atoms with van der Waals surface area (Å²) in [6.07, 6.45) is 1.14. The Labute approximate surface area is 97.8 Å². The first-order valence-electron chi connectivity index (χ1n) is 5.73. The van der Waals surface area contributed by atoms with Crippen LogP contribution in [0.25, 0.3) is 0 Å². The topological polar surface area (TPSA) is 30.5 Å². The molecule has 1 N–H and O–H groups in total. The van der Waals surface area contributed by atoms with Crippen LogP contribution < -0.4 is 10.1 Å². The number of nitrogens with one attached hydrogen (secondary N) is 1. The van der Waals surface area contributed by atoms with Crippen molar-refractivity contribution in [2.24, 2.45) is 0 Å². The van der Waals surface area contributed by atoms with Crippen molar-refractivity contribution in [3.05, 3.63) is 29.8 Å². The molecule has 0 saturated heterocycles. The van der Waals surface area contributed by atoms with Crippen LogP contribution >= 0.6 is 0 Å². The highest BCUT2D eigenvalue weighted by atomic mass is 16.7. The van der Waals surface area contributed by atoms with Gasteiger partial charge in [-0.2, -0.15) is 0 Å². The zero-order valence-electron chi connectivity index (χ0n) is 10.3. The average molecular weight is 223 g/mol. The summed E-state index contributed by atoms with van der Waals surface area (Å²) in [6.45, 7) is 5.65. The zero-order chi connectivity index (χ0) is 11.8. The van der Waals surface area contributed by atoms with Crippen molar-refractivity contribution in [1.82, 2.24) is 5.32 Å². The van der Waals surface area contributed by atoms with Crippen LogP contribution in [-0.2, 0) is 4.74 Å². The molecule has 0 spiro atoms. The molecule has 1 unspecified atom stereocenters. The van der Waals surface area contributed by atoms with Crippen LogP contribution in [0.5, 0.6) is 5.75 Å². The SMILES string of the molecule is CCCNC(C)c1cccc(OCOC)c1. The smallest absolute Gasteiger partial charge is 0.188 e. The monoisotopic (exact) mass is 223 g/mol. The number of hydrogen-bond acceptors (Lipinski definition) is 3. The van der Waals surface area contributed by atoms with E-state index in [1.807, 2.05) is 18.2 Å². The summed E-state index contributed by atoms with van der Waals surface area (Å²) < 4.78 is 10.3. The standard InChI is InChI=1S/C13H21NO2/c1-4-8-14-11(2)12-6-5-7-13(9-12)16-10-15-3/h5-7,9,11,14H,4,8,10H2,1-3H3. The van der Waals surface area contributed by atoms with E-state index in [-0.39, 0.29) is 0 Å². The van der Waals surface area contributed by atoms with Crippen LogP contribution in [0.3, 0.4) is 0 Å². The molecule has 0 fully saturated rings. The fraction of sp³-hybridized carbons (Fsp3) is 0.538. The molecule has 0 heterocycles. The zero-order valence-corrected chi connectivity index (χ0v) is 10.3. The van der Waals surface area contributed by atoms with Crippen molar-refractivity contribution in [3.8, 4) is 5.75 Å². The maximum Gasteiger partial charge on any atom is 0.188 e. The minimum atomic E-state index is 0.292. The summed E-state index contributed by atoms with van der Waals surface area (Å²) in [6, 6.07) is 8.45. The van der Waals surface area contributed by atoms with E-state index in [4.69, 9.17) is 9.47 Å². The highest BCUT2D eigenvalue weighted by molar-refractivity contribution is 5.30. The number of benzene rings is 1. The van der Waals surface area contributed by atoms with Crippen molar-refractivity contribution in [3.63, 3.8) is 0 Å². The van der Waals surface area contributed by atoms with E-state index in [0.29, 0.717) is 12.8 Å². The lowest BCUT2D eigenvalue weighted by Gasteiger charge is -2.14. The summed E-state index contributed by atoms with van der Waals surface area (Å²) in [5.74, 6) is 0.851. The van der Waals surface area contributed by atoms with E-state index in [1.165, 1.54) is 5.56 Å². The Morgan fingerprint density at radius 2 is 2.19 bits per heavy atom. The molecule has 0 aliphatic heterocycles. The van der Waals surface area contributed by atoms with Gasteiger partial charge in [0, 0.05) is 13.2 Å². The van der Waals surface area contributed by atoms with Gasteiger partial charge in [-0.3, -0.25) is 0 Å². The van der Waals surface area contributed by atoms with Gasteiger partial charge in [-0.25, -0.2) is 0 Å². The molecular formula is C13H21NO2. The van der Waals surface area contributed by atoms with Crippen molar-refractivity contribution in [2.75, 3.05) is 20.4 Å². The van der Waals surface area contributed by atoms with E-state index in [0.717, 1.165) is 18.7 Å². The van der Waals surface area contributed by atoms with Crippen molar-refractivity contribution < 1.29 is 9.47 Å². The van der Waals surface area contributed by atoms with Gasteiger partial charge < -0.3 is 14.8 Å². The highest BCUT2D eigenvalue weighted by Crippen LogP contribution is 2.18. The summed E-state index contributed by atoms with van der Waals surface area (Å²) in [7, 11) is 1.62. The summed E-state index contributed by atoms with van der Waals surface area (Å²) >= 11 is 0. The minimum absolute atomic E-state index is 0.292. The van der Waals surface area contributed by atoms with Crippen molar-refractivity contribution in [1.29, 1.82) is 0 Å². The van der Waals surface area contributed by atoms with Gasteiger partial charge in [-0.15, -0.1) is 0 Å². The molecule has 0 aromatic heterocycles. The third kappa shape index (κ3) is 4.21. The van der Waals surface area contributed by atoms with Crippen molar-refractivity contribution >= 4 is 0 Å². The first-order valence-corrected chi connectivity index (χ1v) is 5.73. The molecule has 1 rings (SSSR count). The molecule has 3 heteroatoms. The molecule has 90 valence electrons. The first-order chi connectivity index (χ1) is 7.77. The highest BCUT2D eigenvalue weighted by Gasteiger charge is 2.04. The molecule has 0 aliphatic carbocycles. The summed E-state index contributed by atoms with van der Waals surface area (Å²) in [5, 5.41) is 3.45. The molecule has 0 saturated carbocycles. The third-order valence-electron chi connectivity index (χ3n) is 2.40.